The number of nitrogens with zero attached hydrogens (tertiary/aromatic N) is 1. The highest BCUT2D eigenvalue weighted by molar-refractivity contribution is 5.96. The fourth-order valence-corrected chi connectivity index (χ4v) is 2.87. The summed E-state index contributed by atoms with van der Waals surface area (Å²) in [6.45, 7) is 2.50. The van der Waals surface area contributed by atoms with Crippen LogP contribution in [-0.4, -0.2) is 29.7 Å². The van der Waals surface area contributed by atoms with Crippen molar-refractivity contribution in [1.82, 2.24) is 15.5 Å². The highest BCUT2D eigenvalue weighted by Gasteiger charge is 2.10. The van der Waals surface area contributed by atoms with Crippen LogP contribution in [0.5, 0.6) is 0 Å². The van der Waals surface area contributed by atoms with E-state index in [2.05, 4.69) is 20.8 Å². The van der Waals surface area contributed by atoms with Gasteiger partial charge in [0.15, 0.2) is 5.82 Å². The fourth-order valence-electron chi connectivity index (χ4n) is 2.87. The Morgan fingerprint density at radius 1 is 1.04 bits per heavy atom. The predicted octanol–water partition coefficient (Wildman–Crippen LogP) is 3.84. The molecule has 2 aromatic carbocycles. The normalized spacial score (nSPS) is 13.8. The second-order valence-electron chi connectivity index (χ2n) is 6.03. The van der Waals surface area contributed by atoms with Crippen LogP contribution in [0.2, 0.25) is 0 Å². The Balaban J connectivity index is 0.000000278. The highest BCUT2D eigenvalue weighted by Crippen LogP contribution is 2.29. The average molecular weight is 358 g/mol. The maximum absolute atomic E-state index is 13.8. The molecule has 26 heavy (non-hydrogen) atoms. The lowest BCUT2D eigenvalue weighted by molar-refractivity contribution is -0.105. The molecule has 3 N–H and O–H groups in total. The van der Waals surface area contributed by atoms with E-state index in [-0.39, 0.29) is 5.56 Å². The van der Waals surface area contributed by atoms with Crippen LogP contribution in [0.3, 0.4) is 0 Å². The largest absolute Gasteiger partial charge is 0.317 e. The molecular weight excluding hydrogens is 338 g/mol. The van der Waals surface area contributed by atoms with Gasteiger partial charge in [-0.15, -0.1) is 0 Å². The van der Waals surface area contributed by atoms with Gasteiger partial charge in [0.2, 0.25) is 6.41 Å². The number of aromatic amines is 1. The van der Waals surface area contributed by atoms with Gasteiger partial charge in [0.1, 0.15) is 11.6 Å². The lowest BCUT2D eigenvalue weighted by atomic mass is 10.0. The van der Waals surface area contributed by atoms with E-state index in [1.54, 1.807) is 18.2 Å². The molecule has 0 bridgehead atoms. The fraction of sp³-hybridized carbons (Fsp3) is 0.263. The van der Waals surface area contributed by atoms with Crippen LogP contribution in [0.1, 0.15) is 19.3 Å². The van der Waals surface area contributed by atoms with E-state index < -0.39 is 11.6 Å². The SMILES string of the molecule is C1CCNCC1.O=CNc1n[nH]c2ccc(-c3ccc(F)cc3F)cc12. The van der Waals surface area contributed by atoms with E-state index in [1.165, 1.54) is 44.5 Å². The van der Waals surface area contributed by atoms with Gasteiger partial charge in [0, 0.05) is 17.0 Å². The van der Waals surface area contributed by atoms with Crippen LogP contribution in [0.25, 0.3) is 22.0 Å². The van der Waals surface area contributed by atoms with Gasteiger partial charge in [-0.3, -0.25) is 9.89 Å². The van der Waals surface area contributed by atoms with Gasteiger partial charge in [0.25, 0.3) is 0 Å². The minimum absolute atomic E-state index is 0.284. The Labute approximate surface area is 149 Å². The third-order valence-electron chi connectivity index (χ3n) is 4.21. The molecule has 136 valence electrons. The number of carbonyl (C=O) groups excluding carboxylic acids is 1. The molecule has 4 rings (SSSR count). The number of hydrogen-bond donors (Lipinski definition) is 3. The molecular formula is C19H20F2N4O. The Bertz CT molecular complexity index is 879. The molecule has 1 aliphatic heterocycles. The van der Waals surface area contributed by atoms with E-state index in [4.69, 9.17) is 0 Å². The van der Waals surface area contributed by atoms with E-state index in [9.17, 15) is 13.6 Å². The number of hydrogen-bond acceptors (Lipinski definition) is 3. The summed E-state index contributed by atoms with van der Waals surface area (Å²) in [6, 6.07) is 8.50. The molecule has 1 aliphatic rings. The van der Waals surface area contributed by atoms with Gasteiger partial charge in [-0.25, -0.2) is 8.78 Å². The molecule has 0 saturated carbocycles. The first-order valence-electron chi connectivity index (χ1n) is 8.53. The van der Waals surface area contributed by atoms with Crippen molar-refractivity contribution in [3.63, 3.8) is 0 Å². The van der Waals surface area contributed by atoms with Crippen LogP contribution in [0, 0.1) is 11.6 Å². The van der Waals surface area contributed by atoms with Crippen LogP contribution >= 0.6 is 0 Å². The number of anilines is 1. The van der Waals surface area contributed by atoms with E-state index in [1.807, 2.05) is 0 Å². The maximum atomic E-state index is 13.8. The molecule has 0 unspecified atom stereocenters. The third kappa shape index (κ3) is 4.23. The standard InChI is InChI=1S/C14H9F2N3O.C5H11N/c15-9-2-3-10(12(16)6-9)8-1-4-13-11(5-8)14(17-7-20)19-18-13;1-2-4-6-5-3-1/h1-7H,(H2,17,18,19,20);6H,1-5H2. The summed E-state index contributed by atoms with van der Waals surface area (Å²) in [7, 11) is 0. The van der Waals surface area contributed by atoms with Crippen molar-refractivity contribution in [2.24, 2.45) is 0 Å². The van der Waals surface area contributed by atoms with Crippen LogP contribution < -0.4 is 10.6 Å². The molecule has 0 spiro atoms. The average Bonchev–Trinajstić information content (AvgIpc) is 3.06. The predicted molar refractivity (Wildman–Crippen MR) is 97.9 cm³/mol. The number of aromatic nitrogens is 2. The van der Waals surface area contributed by atoms with Gasteiger partial charge in [0.05, 0.1) is 5.52 Å². The Hall–Kier alpha value is -2.80. The van der Waals surface area contributed by atoms with Crippen molar-refractivity contribution in [2.75, 3.05) is 18.4 Å². The maximum Gasteiger partial charge on any atom is 0.212 e. The number of carbonyl (C=O) groups is 1. The first-order valence-corrected chi connectivity index (χ1v) is 8.53. The van der Waals surface area contributed by atoms with Gasteiger partial charge in [-0.1, -0.05) is 12.5 Å². The number of benzene rings is 2. The number of amides is 1. The number of H-pyrrole nitrogens is 1. The number of piperidine rings is 1. The minimum Gasteiger partial charge on any atom is -0.317 e. The molecule has 0 aliphatic carbocycles. The summed E-state index contributed by atoms with van der Waals surface area (Å²) >= 11 is 0. The summed E-state index contributed by atoms with van der Waals surface area (Å²) in [5.41, 5.74) is 1.57. The Kier molecular flexibility index (Phi) is 5.91. The number of nitrogens with one attached hydrogen (secondary N) is 3. The van der Waals surface area contributed by atoms with Crippen LogP contribution in [0.4, 0.5) is 14.6 Å². The zero-order valence-electron chi connectivity index (χ0n) is 14.2. The van der Waals surface area contributed by atoms with Gasteiger partial charge >= 0.3 is 0 Å². The minimum atomic E-state index is -0.641. The van der Waals surface area contributed by atoms with Crippen molar-refractivity contribution >= 4 is 23.1 Å². The highest BCUT2D eigenvalue weighted by atomic mass is 19.1. The van der Waals surface area contributed by atoms with Crippen molar-refractivity contribution in [3.05, 3.63) is 48.0 Å². The number of halogens is 2. The van der Waals surface area contributed by atoms with Crippen LogP contribution in [0.15, 0.2) is 36.4 Å². The molecule has 2 heterocycles. The van der Waals surface area contributed by atoms with Crippen molar-refractivity contribution in [3.8, 4) is 11.1 Å². The lowest BCUT2D eigenvalue weighted by Gasteiger charge is -2.08. The summed E-state index contributed by atoms with van der Waals surface area (Å²) in [5, 5.41) is 13.1. The van der Waals surface area contributed by atoms with Gasteiger partial charge < -0.3 is 10.6 Å². The zero-order valence-corrected chi connectivity index (χ0v) is 14.2. The van der Waals surface area contributed by atoms with Crippen molar-refractivity contribution in [2.45, 2.75) is 19.3 Å². The molecule has 0 radical (unpaired) electrons. The summed E-state index contributed by atoms with van der Waals surface area (Å²) < 4.78 is 26.7. The van der Waals surface area contributed by atoms with Gasteiger partial charge in [-0.05, 0) is 55.8 Å². The monoisotopic (exact) mass is 358 g/mol. The second kappa shape index (κ2) is 8.53. The first kappa shape index (κ1) is 18.0. The summed E-state index contributed by atoms with van der Waals surface area (Å²) in [4.78, 5) is 10.5. The Morgan fingerprint density at radius 2 is 1.85 bits per heavy atom. The molecule has 3 aromatic rings. The number of fused-ring (bicyclic) bond motifs is 1. The molecule has 7 heteroatoms. The number of rotatable bonds is 3. The molecule has 1 aromatic heterocycles. The zero-order chi connectivity index (χ0) is 18.4. The van der Waals surface area contributed by atoms with E-state index in [0.717, 1.165) is 6.07 Å². The van der Waals surface area contributed by atoms with Crippen LogP contribution in [-0.2, 0) is 4.79 Å². The second-order valence-corrected chi connectivity index (χ2v) is 6.03. The van der Waals surface area contributed by atoms with Gasteiger partial charge in [-0.2, -0.15) is 5.10 Å². The Morgan fingerprint density at radius 3 is 2.46 bits per heavy atom. The molecule has 5 nitrogen and oxygen atoms in total. The molecule has 1 amide bonds. The third-order valence-corrected chi connectivity index (χ3v) is 4.21. The van der Waals surface area contributed by atoms with E-state index in [0.29, 0.717) is 28.7 Å². The lowest BCUT2D eigenvalue weighted by Crippen LogP contribution is -2.21. The quantitative estimate of drug-likeness (QED) is 0.623. The molecule has 1 fully saturated rings. The van der Waals surface area contributed by atoms with E-state index >= 15 is 0 Å². The first-order chi connectivity index (χ1) is 12.7. The molecule has 1 saturated heterocycles. The smallest absolute Gasteiger partial charge is 0.212 e. The topological polar surface area (TPSA) is 69.8 Å². The van der Waals surface area contributed by atoms with Crippen molar-refractivity contribution < 1.29 is 13.6 Å². The summed E-state index contributed by atoms with van der Waals surface area (Å²) in [6.07, 6.45) is 4.73. The summed E-state index contributed by atoms with van der Waals surface area (Å²) in [5.74, 6) is -0.906. The molecule has 0 atom stereocenters. The van der Waals surface area contributed by atoms with Crippen molar-refractivity contribution in [1.29, 1.82) is 0 Å².